The lowest BCUT2D eigenvalue weighted by Gasteiger charge is -2.20. The van der Waals surface area contributed by atoms with Crippen molar-refractivity contribution >= 4 is 38.4 Å². The Morgan fingerprint density at radius 3 is 2.30 bits per heavy atom. The van der Waals surface area contributed by atoms with Crippen molar-refractivity contribution in [1.29, 1.82) is 0 Å². The molecule has 5 aromatic rings. The van der Waals surface area contributed by atoms with E-state index in [4.69, 9.17) is 9.97 Å². The van der Waals surface area contributed by atoms with Crippen molar-refractivity contribution in [3.63, 3.8) is 0 Å². The molecular weight excluding hydrogens is 330 g/mol. The van der Waals surface area contributed by atoms with Crippen LogP contribution in [0.15, 0.2) is 48.7 Å². The lowest BCUT2D eigenvalue weighted by atomic mass is 9.90. The molecule has 0 unspecified atom stereocenters. The molecule has 0 aliphatic carbocycles. The fourth-order valence-electron chi connectivity index (χ4n) is 3.94. The van der Waals surface area contributed by atoms with E-state index in [1.165, 1.54) is 21.9 Å². The first-order valence-corrected chi connectivity index (χ1v) is 9.45. The van der Waals surface area contributed by atoms with Gasteiger partial charge in [0.2, 0.25) is 0 Å². The zero-order chi connectivity index (χ0) is 18.9. The van der Waals surface area contributed by atoms with E-state index in [0.29, 0.717) is 0 Å². The maximum atomic E-state index is 5.05. The third-order valence-electron chi connectivity index (χ3n) is 5.52. The Labute approximate surface area is 158 Å². The zero-order valence-electron chi connectivity index (χ0n) is 16.5. The summed E-state index contributed by atoms with van der Waals surface area (Å²) >= 11 is 0. The van der Waals surface area contributed by atoms with Crippen LogP contribution in [-0.4, -0.2) is 14.4 Å². The van der Waals surface area contributed by atoms with Gasteiger partial charge < -0.3 is 0 Å². The lowest BCUT2D eigenvalue weighted by molar-refractivity contribution is 0.576. The molecule has 0 saturated heterocycles. The van der Waals surface area contributed by atoms with Crippen LogP contribution < -0.4 is 0 Å². The van der Waals surface area contributed by atoms with Crippen LogP contribution in [0.3, 0.4) is 0 Å². The molecule has 0 saturated carbocycles. The molecule has 0 atom stereocenters. The van der Waals surface area contributed by atoms with Crippen molar-refractivity contribution in [3.05, 3.63) is 65.5 Å². The van der Waals surface area contributed by atoms with Gasteiger partial charge in [-0.15, -0.1) is 0 Å². The summed E-state index contributed by atoms with van der Waals surface area (Å²) in [6.07, 6.45) is 2.22. The molecule has 0 aliphatic heterocycles. The van der Waals surface area contributed by atoms with E-state index in [9.17, 15) is 0 Å². The van der Waals surface area contributed by atoms with Gasteiger partial charge in [-0.05, 0) is 53.9 Å². The van der Waals surface area contributed by atoms with Crippen LogP contribution in [0.4, 0.5) is 0 Å². The summed E-state index contributed by atoms with van der Waals surface area (Å²) < 4.78 is 2.23. The van der Waals surface area contributed by atoms with E-state index in [1.54, 1.807) is 0 Å². The first-order chi connectivity index (χ1) is 12.8. The number of nitrogens with zero attached hydrogens (tertiary/aromatic N) is 3. The third-order valence-corrected chi connectivity index (χ3v) is 5.52. The van der Waals surface area contributed by atoms with Crippen LogP contribution >= 0.6 is 0 Å². The summed E-state index contributed by atoms with van der Waals surface area (Å²) in [6, 6.07) is 15.0. The fourth-order valence-corrected chi connectivity index (χ4v) is 3.94. The van der Waals surface area contributed by atoms with Crippen LogP contribution in [-0.2, 0) is 5.41 Å². The quantitative estimate of drug-likeness (QED) is 0.336. The standard InChI is InChI=1S/C24H23N3/c1-14-10-16-12-20-26-21-18-8-6-7-9-19(18)25-23(24(3,4)5)22(21)27(20)13-17(16)11-15(14)2/h6-13H,1-5H3. The molecule has 3 heterocycles. The van der Waals surface area contributed by atoms with Crippen LogP contribution in [0, 0.1) is 13.8 Å². The van der Waals surface area contributed by atoms with E-state index >= 15 is 0 Å². The number of hydrogen-bond donors (Lipinski definition) is 0. The molecule has 3 heteroatoms. The molecule has 0 spiro atoms. The number of aryl methyl sites for hydroxylation is 2. The Morgan fingerprint density at radius 2 is 1.56 bits per heavy atom. The summed E-state index contributed by atoms with van der Waals surface area (Å²) in [6.45, 7) is 11.0. The van der Waals surface area contributed by atoms with Gasteiger partial charge in [-0.3, -0.25) is 4.40 Å². The summed E-state index contributed by atoms with van der Waals surface area (Å²) in [7, 11) is 0. The van der Waals surface area contributed by atoms with Gasteiger partial charge in [-0.2, -0.15) is 0 Å². The van der Waals surface area contributed by atoms with Crippen molar-refractivity contribution in [2.24, 2.45) is 0 Å². The highest BCUT2D eigenvalue weighted by atomic mass is 15.0. The second-order valence-corrected chi connectivity index (χ2v) is 8.60. The minimum Gasteiger partial charge on any atom is -0.297 e. The van der Waals surface area contributed by atoms with Gasteiger partial charge in [-0.1, -0.05) is 45.0 Å². The van der Waals surface area contributed by atoms with Gasteiger partial charge in [0.15, 0.2) is 0 Å². The third kappa shape index (κ3) is 2.34. The van der Waals surface area contributed by atoms with E-state index in [0.717, 1.165) is 33.3 Å². The Morgan fingerprint density at radius 1 is 0.852 bits per heavy atom. The molecule has 134 valence electrons. The van der Waals surface area contributed by atoms with Crippen molar-refractivity contribution in [2.45, 2.75) is 40.0 Å². The molecule has 5 rings (SSSR count). The molecule has 3 aromatic heterocycles. The summed E-state index contributed by atoms with van der Waals surface area (Å²) in [4.78, 5) is 10.1. The number of benzene rings is 2. The van der Waals surface area contributed by atoms with Crippen molar-refractivity contribution in [3.8, 4) is 0 Å². The first-order valence-electron chi connectivity index (χ1n) is 9.45. The fraction of sp³-hybridized carbons (Fsp3) is 0.250. The second-order valence-electron chi connectivity index (χ2n) is 8.60. The minimum absolute atomic E-state index is 0.0730. The van der Waals surface area contributed by atoms with E-state index in [1.807, 2.05) is 6.07 Å². The lowest BCUT2D eigenvalue weighted by Crippen LogP contribution is -2.15. The predicted molar refractivity (Wildman–Crippen MR) is 114 cm³/mol. The molecule has 0 fully saturated rings. The highest BCUT2D eigenvalue weighted by Gasteiger charge is 2.24. The van der Waals surface area contributed by atoms with Gasteiger partial charge >= 0.3 is 0 Å². The maximum Gasteiger partial charge on any atom is 0.138 e. The molecule has 2 aromatic carbocycles. The topological polar surface area (TPSA) is 30.2 Å². The van der Waals surface area contributed by atoms with Gasteiger partial charge in [0.05, 0.1) is 16.7 Å². The van der Waals surface area contributed by atoms with Crippen molar-refractivity contribution in [1.82, 2.24) is 14.4 Å². The Balaban J connectivity index is 2.04. The van der Waals surface area contributed by atoms with Crippen molar-refractivity contribution < 1.29 is 0 Å². The Hall–Kier alpha value is -2.94. The van der Waals surface area contributed by atoms with Crippen LogP contribution in [0.2, 0.25) is 0 Å². The highest BCUT2D eigenvalue weighted by Crippen LogP contribution is 2.34. The van der Waals surface area contributed by atoms with Gasteiger partial charge in [-0.25, -0.2) is 9.97 Å². The normalized spacial score (nSPS) is 12.6. The molecule has 0 radical (unpaired) electrons. The Bertz CT molecular complexity index is 1370. The number of rotatable bonds is 0. The average molecular weight is 353 g/mol. The molecular formula is C24H23N3. The number of aromatic nitrogens is 3. The Kier molecular flexibility index (Phi) is 3.18. The highest BCUT2D eigenvalue weighted by molar-refractivity contribution is 6.05. The molecule has 0 N–H and O–H groups in total. The van der Waals surface area contributed by atoms with E-state index in [2.05, 4.69) is 81.6 Å². The summed E-state index contributed by atoms with van der Waals surface area (Å²) in [5, 5.41) is 3.58. The molecule has 3 nitrogen and oxygen atoms in total. The van der Waals surface area contributed by atoms with Gasteiger partial charge in [0.1, 0.15) is 11.2 Å². The number of para-hydroxylation sites is 1. The number of hydrogen-bond acceptors (Lipinski definition) is 2. The summed E-state index contributed by atoms with van der Waals surface area (Å²) in [5.41, 5.74) is 7.78. The van der Waals surface area contributed by atoms with Crippen LogP contribution in [0.1, 0.15) is 37.6 Å². The SMILES string of the molecule is Cc1cc2cc3nc4c5ccccc5nc(C(C)(C)C)c4n3cc2cc1C. The molecule has 27 heavy (non-hydrogen) atoms. The molecule has 0 amide bonds. The number of fused-ring (bicyclic) bond motifs is 6. The maximum absolute atomic E-state index is 5.05. The molecule has 0 bridgehead atoms. The zero-order valence-corrected chi connectivity index (χ0v) is 16.5. The number of pyridine rings is 2. The number of imidazole rings is 1. The van der Waals surface area contributed by atoms with Crippen molar-refractivity contribution in [2.75, 3.05) is 0 Å². The van der Waals surface area contributed by atoms with Gasteiger partial charge in [0.25, 0.3) is 0 Å². The monoisotopic (exact) mass is 353 g/mol. The van der Waals surface area contributed by atoms with Crippen LogP contribution in [0.25, 0.3) is 38.4 Å². The minimum atomic E-state index is -0.0730. The average Bonchev–Trinajstić information content (AvgIpc) is 2.98. The van der Waals surface area contributed by atoms with E-state index < -0.39 is 0 Å². The largest absolute Gasteiger partial charge is 0.297 e. The smallest absolute Gasteiger partial charge is 0.138 e. The van der Waals surface area contributed by atoms with E-state index in [-0.39, 0.29) is 5.41 Å². The molecule has 0 aliphatic rings. The first kappa shape index (κ1) is 16.2. The predicted octanol–water partition coefficient (Wildman–Crippen LogP) is 6.10. The van der Waals surface area contributed by atoms with Gasteiger partial charge in [0, 0.05) is 17.0 Å². The van der Waals surface area contributed by atoms with Crippen LogP contribution in [0.5, 0.6) is 0 Å². The summed E-state index contributed by atoms with van der Waals surface area (Å²) in [5.74, 6) is 0. The second kappa shape index (κ2) is 5.29.